The Morgan fingerprint density at radius 3 is 2.44 bits per heavy atom. The fraction of sp³-hybridized carbons (Fsp3) is 0.381. The van der Waals surface area contributed by atoms with Crippen molar-refractivity contribution in [1.29, 1.82) is 0 Å². The minimum Gasteiger partial charge on any atom is -0.321 e. The summed E-state index contributed by atoms with van der Waals surface area (Å²) in [7, 11) is -3.16. The van der Waals surface area contributed by atoms with Crippen LogP contribution in [0.4, 0.5) is 5.69 Å². The number of anilines is 1. The van der Waals surface area contributed by atoms with E-state index in [1.54, 1.807) is 12.1 Å². The Bertz CT molecular complexity index is 1170. The number of carbonyl (C=O) groups excluding carboxylic acids is 2. The van der Waals surface area contributed by atoms with Crippen LogP contribution in [0.5, 0.6) is 0 Å². The van der Waals surface area contributed by atoms with Gasteiger partial charge in [0.1, 0.15) is 5.71 Å². The van der Waals surface area contributed by atoms with Gasteiger partial charge in [0.15, 0.2) is 15.0 Å². The number of amides is 2. The second-order valence-corrected chi connectivity index (χ2v) is 11.1. The van der Waals surface area contributed by atoms with Gasteiger partial charge in [0, 0.05) is 34.8 Å². The van der Waals surface area contributed by atoms with Crippen molar-refractivity contribution in [2.24, 2.45) is 5.10 Å². The van der Waals surface area contributed by atoms with E-state index >= 15 is 0 Å². The van der Waals surface area contributed by atoms with E-state index in [4.69, 9.17) is 0 Å². The van der Waals surface area contributed by atoms with Gasteiger partial charge < -0.3 is 5.32 Å². The van der Waals surface area contributed by atoms with Gasteiger partial charge in [-0.25, -0.2) is 23.4 Å². The zero-order chi connectivity index (χ0) is 22.9. The normalized spacial score (nSPS) is 20.2. The quantitative estimate of drug-likeness (QED) is 0.662. The fourth-order valence-corrected chi connectivity index (χ4v) is 6.20. The maximum atomic E-state index is 12.7. The number of nitrogens with zero attached hydrogens (tertiary/aromatic N) is 4. The van der Waals surface area contributed by atoms with Crippen molar-refractivity contribution in [2.45, 2.75) is 49.2 Å². The van der Waals surface area contributed by atoms with Crippen LogP contribution >= 0.6 is 11.8 Å². The molecule has 3 heterocycles. The maximum absolute atomic E-state index is 12.7. The van der Waals surface area contributed by atoms with Crippen molar-refractivity contribution in [3.05, 3.63) is 41.7 Å². The predicted octanol–water partition coefficient (Wildman–Crippen LogP) is 2.35. The number of nitrogens with one attached hydrogen (secondary N) is 1. The topological polar surface area (TPSA) is 122 Å². The van der Waals surface area contributed by atoms with Crippen LogP contribution in [-0.2, 0) is 19.4 Å². The summed E-state index contributed by atoms with van der Waals surface area (Å²) in [5.41, 5.74) is 2.62. The van der Waals surface area contributed by atoms with Gasteiger partial charge in [0.25, 0.3) is 5.91 Å². The van der Waals surface area contributed by atoms with Gasteiger partial charge in [0.05, 0.1) is 17.5 Å². The van der Waals surface area contributed by atoms with Gasteiger partial charge in [-0.2, -0.15) is 5.10 Å². The maximum Gasteiger partial charge on any atom is 0.271 e. The molecule has 32 heavy (non-hydrogen) atoms. The van der Waals surface area contributed by atoms with E-state index in [0.717, 1.165) is 16.3 Å². The first kappa shape index (κ1) is 22.4. The van der Waals surface area contributed by atoms with Gasteiger partial charge in [-0.3, -0.25) is 9.59 Å². The van der Waals surface area contributed by atoms with Gasteiger partial charge >= 0.3 is 0 Å². The molecule has 0 spiro atoms. The van der Waals surface area contributed by atoms with Crippen LogP contribution in [0.15, 0.2) is 45.5 Å². The Hall–Kier alpha value is -2.79. The molecule has 9 nitrogen and oxygen atoms in total. The zero-order valence-electron chi connectivity index (χ0n) is 17.7. The summed E-state index contributed by atoms with van der Waals surface area (Å²) in [6, 6.07) is 8.69. The van der Waals surface area contributed by atoms with Gasteiger partial charge in [-0.15, -0.1) is 0 Å². The number of hydrogen-bond acceptors (Lipinski definition) is 8. The molecule has 11 heteroatoms. The highest BCUT2D eigenvalue weighted by Crippen LogP contribution is 2.27. The third-order valence-electron chi connectivity index (χ3n) is 5.16. The lowest BCUT2D eigenvalue weighted by molar-refractivity contribution is -0.133. The van der Waals surface area contributed by atoms with E-state index in [0.29, 0.717) is 17.3 Å². The summed E-state index contributed by atoms with van der Waals surface area (Å²) < 4.78 is 23.5. The molecule has 2 aliphatic rings. The summed E-state index contributed by atoms with van der Waals surface area (Å²) in [5.74, 6) is -0.726. The van der Waals surface area contributed by atoms with Crippen molar-refractivity contribution in [3.8, 4) is 0 Å². The van der Waals surface area contributed by atoms with E-state index in [1.807, 2.05) is 32.0 Å². The summed E-state index contributed by atoms with van der Waals surface area (Å²) in [4.78, 5) is 34.7. The molecule has 0 bridgehead atoms. The average molecular weight is 474 g/mol. The molecular formula is C21H23N5O4S2. The van der Waals surface area contributed by atoms with Gasteiger partial charge in [-0.1, -0.05) is 0 Å². The lowest BCUT2D eigenvalue weighted by atomic mass is 10.1. The minimum atomic E-state index is -3.16. The van der Waals surface area contributed by atoms with Crippen LogP contribution < -0.4 is 5.32 Å². The molecule has 1 N–H and O–H groups in total. The summed E-state index contributed by atoms with van der Waals surface area (Å²) >= 11 is 1.43. The predicted molar refractivity (Wildman–Crippen MR) is 121 cm³/mol. The summed E-state index contributed by atoms with van der Waals surface area (Å²) in [5, 5.41) is 8.85. The van der Waals surface area contributed by atoms with Crippen LogP contribution in [0.2, 0.25) is 0 Å². The molecule has 4 rings (SSSR count). The highest BCUT2D eigenvalue weighted by molar-refractivity contribution is 7.99. The van der Waals surface area contributed by atoms with Crippen molar-refractivity contribution in [1.82, 2.24) is 15.0 Å². The smallest absolute Gasteiger partial charge is 0.271 e. The second kappa shape index (κ2) is 8.99. The lowest BCUT2D eigenvalue weighted by Gasteiger charge is -2.27. The van der Waals surface area contributed by atoms with Crippen LogP contribution in [-0.4, -0.2) is 58.5 Å². The highest BCUT2D eigenvalue weighted by Gasteiger charge is 2.37. The first-order valence-electron chi connectivity index (χ1n) is 10.2. The third-order valence-corrected chi connectivity index (χ3v) is 7.78. The Morgan fingerprint density at radius 2 is 1.81 bits per heavy atom. The van der Waals surface area contributed by atoms with E-state index in [9.17, 15) is 18.0 Å². The summed E-state index contributed by atoms with van der Waals surface area (Å²) in [6.07, 6.45) is 0.697. The Balaban J connectivity index is 1.42. The number of sulfone groups is 1. The number of rotatable bonds is 5. The Morgan fingerprint density at radius 1 is 1.12 bits per heavy atom. The SMILES string of the molecule is Cc1cc(C)nc(Sc2ccc(NC(=O)C3=NN(C4CCS(=O)(=O)C4)C(=O)CC3)cc2)n1. The molecule has 0 saturated carbocycles. The molecular weight excluding hydrogens is 450 g/mol. The van der Waals surface area contributed by atoms with E-state index in [1.165, 1.54) is 16.8 Å². The van der Waals surface area contributed by atoms with Crippen molar-refractivity contribution in [2.75, 3.05) is 16.8 Å². The molecule has 1 aromatic carbocycles. The molecule has 1 saturated heterocycles. The number of aryl methyl sites for hydroxylation is 2. The van der Waals surface area contributed by atoms with E-state index in [-0.39, 0.29) is 36.0 Å². The largest absolute Gasteiger partial charge is 0.321 e. The highest BCUT2D eigenvalue weighted by atomic mass is 32.2. The van der Waals surface area contributed by atoms with Crippen LogP contribution in [0, 0.1) is 13.8 Å². The van der Waals surface area contributed by atoms with Crippen LogP contribution in [0.3, 0.4) is 0 Å². The average Bonchev–Trinajstić information content (AvgIpc) is 3.08. The van der Waals surface area contributed by atoms with Crippen LogP contribution in [0.1, 0.15) is 30.7 Å². The standard InChI is InChI=1S/C21H23N5O4S2/c1-13-11-14(2)23-21(22-13)31-17-5-3-15(4-6-17)24-20(28)18-7-8-19(27)26(25-18)16-9-10-32(29,30)12-16/h3-6,11,16H,7-10,12H2,1-2H3,(H,24,28). The van der Waals surface area contributed by atoms with E-state index < -0.39 is 21.8 Å². The Kier molecular flexibility index (Phi) is 6.29. The number of benzene rings is 1. The second-order valence-electron chi connectivity index (χ2n) is 7.86. The first-order chi connectivity index (χ1) is 15.2. The number of hydrazone groups is 1. The molecule has 2 amide bonds. The van der Waals surface area contributed by atoms with Crippen LogP contribution in [0.25, 0.3) is 0 Å². The minimum absolute atomic E-state index is 0.0377. The fourth-order valence-electron chi connectivity index (χ4n) is 3.64. The van der Waals surface area contributed by atoms with Crippen molar-refractivity contribution < 1.29 is 18.0 Å². The number of aromatic nitrogens is 2. The molecule has 2 aliphatic heterocycles. The lowest BCUT2D eigenvalue weighted by Crippen LogP contribution is -2.42. The molecule has 2 aromatic rings. The summed E-state index contributed by atoms with van der Waals surface area (Å²) in [6.45, 7) is 3.84. The van der Waals surface area contributed by atoms with Crippen molar-refractivity contribution in [3.63, 3.8) is 0 Å². The van der Waals surface area contributed by atoms with Crippen molar-refractivity contribution >= 4 is 44.8 Å². The first-order valence-corrected chi connectivity index (χ1v) is 12.8. The molecule has 1 fully saturated rings. The molecule has 1 unspecified atom stereocenters. The number of hydrogen-bond donors (Lipinski definition) is 1. The molecule has 1 aromatic heterocycles. The molecule has 1 atom stereocenters. The molecule has 168 valence electrons. The van der Waals surface area contributed by atoms with Gasteiger partial charge in [-0.05, 0) is 62.4 Å². The van der Waals surface area contributed by atoms with Gasteiger partial charge in [0.2, 0.25) is 5.91 Å². The zero-order valence-corrected chi connectivity index (χ0v) is 19.4. The monoisotopic (exact) mass is 473 g/mol. The van der Waals surface area contributed by atoms with E-state index in [2.05, 4.69) is 20.4 Å². The number of carbonyl (C=O) groups is 2. The molecule has 0 radical (unpaired) electrons. The third kappa shape index (κ3) is 5.33. The Labute approximate surface area is 190 Å². The molecule has 0 aliphatic carbocycles.